The van der Waals surface area contributed by atoms with Crippen molar-refractivity contribution >= 4 is 38.4 Å². The Balaban J connectivity index is 1.30. The molecule has 1 aliphatic carbocycles. The van der Waals surface area contributed by atoms with Crippen molar-refractivity contribution in [2.24, 2.45) is 5.92 Å². The van der Waals surface area contributed by atoms with Crippen molar-refractivity contribution in [1.82, 2.24) is 10.6 Å². The van der Waals surface area contributed by atoms with Crippen LogP contribution in [0.1, 0.15) is 29.7 Å². The van der Waals surface area contributed by atoms with Gasteiger partial charge in [-0.05, 0) is 48.6 Å². The maximum absolute atomic E-state index is 12.8. The molecule has 0 spiro atoms. The molecule has 2 heterocycles. The monoisotopic (exact) mass is 498 g/mol. The second kappa shape index (κ2) is 10.7. The van der Waals surface area contributed by atoms with E-state index >= 15 is 0 Å². The zero-order valence-electron chi connectivity index (χ0n) is 18.3. The Hall–Kier alpha value is -2.44. The number of thiophene rings is 2. The standard InChI is InChI=1S/C25H26N2O3S3/c1-33(29,30)24-12-3-2-7-18(24)8-5-15-26-21-10-4-9-20(21)25(28)27-17-19-13-14-23(32-19)22-11-6-16-31-22/h2-3,6-7,11-14,16,20-21,26H,4,9-10,15,17H2,1H3,(H,27,28). The third-order valence-electron chi connectivity index (χ3n) is 5.68. The summed E-state index contributed by atoms with van der Waals surface area (Å²) >= 11 is 3.43. The molecule has 0 radical (unpaired) electrons. The number of hydrogen-bond donors (Lipinski definition) is 2. The molecule has 1 aliphatic rings. The van der Waals surface area contributed by atoms with Gasteiger partial charge in [-0.3, -0.25) is 4.79 Å². The average molecular weight is 499 g/mol. The van der Waals surface area contributed by atoms with E-state index in [9.17, 15) is 13.2 Å². The number of carbonyl (C=O) groups excluding carboxylic acids is 1. The first-order valence-corrected chi connectivity index (χ1v) is 14.4. The Morgan fingerprint density at radius 2 is 1.94 bits per heavy atom. The van der Waals surface area contributed by atoms with Gasteiger partial charge < -0.3 is 10.6 Å². The number of amides is 1. The zero-order chi connectivity index (χ0) is 23.3. The molecule has 2 aromatic heterocycles. The van der Waals surface area contributed by atoms with Crippen LogP contribution in [0.5, 0.6) is 0 Å². The Kier molecular flexibility index (Phi) is 7.66. The molecule has 0 saturated heterocycles. The van der Waals surface area contributed by atoms with Gasteiger partial charge >= 0.3 is 0 Å². The van der Waals surface area contributed by atoms with E-state index < -0.39 is 9.84 Å². The summed E-state index contributed by atoms with van der Waals surface area (Å²) in [5.74, 6) is 5.98. The van der Waals surface area contributed by atoms with Crippen molar-refractivity contribution in [2.45, 2.75) is 36.7 Å². The molecule has 0 aliphatic heterocycles. The summed E-state index contributed by atoms with van der Waals surface area (Å²) < 4.78 is 23.8. The first-order chi connectivity index (χ1) is 15.9. The molecule has 1 fully saturated rings. The minimum atomic E-state index is -3.32. The Labute approximate surface area is 203 Å². The highest BCUT2D eigenvalue weighted by Gasteiger charge is 2.32. The molecular weight excluding hydrogens is 472 g/mol. The van der Waals surface area contributed by atoms with Crippen LogP contribution >= 0.6 is 22.7 Å². The van der Waals surface area contributed by atoms with Crippen LogP contribution in [0.2, 0.25) is 0 Å². The van der Waals surface area contributed by atoms with Gasteiger partial charge in [0.25, 0.3) is 0 Å². The van der Waals surface area contributed by atoms with Gasteiger partial charge in [-0.15, -0.1) is 22.7 Å². The molecule has 2 N–H and O–H groups in total. The van der Waals surface area contributed by atoms with Crippen LogP contribution in [0.3, 0.4) is 0 Å². The van der Waals surface area contributed by atoms with E-state index in [2.05, 4.69) is 46.1 Å². The first kappa shape index (κ1) is 23.7. The van der Waals surface area contributed by atoms with Gasteiger partial charge in [0.15, 0.2) is 9.84 Å². The zero-order valence-corrected chi connectivity index (χ0v) is 20.8. The lowest BCUT2D eigenvalue weighted by atomic mass is 10.0. The molecule has 3 aromatic rings. The quantitative estimate of drug-likeness (QED) is 0.476. The van der Waals surface area contributed by atoms with E-state index in [-0.39, 0.29) is 22.8 Å². The SMILES string of the molecule is CS(=O)(=O)c1ccccc1C#CCNC1CCCC1C(=O)NCc1ccc(-c2cccs2)s1. The van der Waals surface area contributed by atoms with Gasteiger partial charge in [0, 0.05) is 32.5 Å². The number of sulfone groups is 1. The highest BCUT2D eigenvalue weighted by molar-refractivity contribution is 7.90. The highest BCUT2D eigenvalue weighted by atomic mass is 32.2. The van der Waals surface area contributed by atoms with E-state index in [0.29, 0.717) is 18.7 Å². The molecular formula is C25H26N2O3S3. The number of rotatable bonds is 7. The number of hydrogen-bond acceptors (Lipinski definition) is 6. The fraction of sp³-hybridized carbons (Fsp3) is 0.320. The fourth-order valence-electron chi connectivity index (χ4n) is 4.06. The molecule has 1 aromatic carbocycles. The van der Waals surface area contributed by atoms with E-state index in [1.165, 1.54) is 16.0 Å². The molecule has 0 bridgehead atoms. The molecule has 8 heteroatoms. The second-order valence-corrected chi connectivity index (χ2v) is 12.2. The summed E-state index contributed by atoms with van der Waals surface area (Å²) in [5, 5.41) is 8.55. The summed E-state index contributed by atoms with van der Waals surface area (Å²) in [7, 11) is -3.32. The van der Waals surface area contributed by atoms with Crippen LogP contribution in [0.25, 0.3) is 9.75 Å². The maximum atomic E-state index is 12.8. The summed E-state index contributed by atoms with van der Waals surface area (Å²) in [6.07, 6.45) is 3.98. The van der Waals surface area contributed by atoms with Gasteiger partial charge in [-0.25, -0.2) is 8.42 Å². The average Bonchev–Trinajstić information content (AvgIpc) is 3.56. The molecule has 2 unspecified atom stereocenters. The Morgan fingerprint density at radius 3 is 2.73 bits per heavy atom. The van der Waals surface area contributed by atoms with E-state index in [1.807, 2.05) is 6.07 Å². The van der Waals surface area contributed by atoms with Crippen LogP contribution < -0.4 is 10.6 Å². The minimum Gasteiger partial charge on any atom is -0.351 e. The topological polar surface area (TPSA) is 75.3 Å². The van der Waals surface area contributed by atoms with Crippen LogP contribution in [0.4, 0.5) is 0 Å². The first-order valence-electron chi connectivity index (χ1n) is 10.8. The van der Waals surface area contributed by atoms with Gasteiger partial charge in [0.1, 0.15) is 0 Å². The third kappa shape index (κ3) is 6.12. The molecule has 4 rings (SSSR count). The lowest BCUT2D eigenvalue weighted by molar-refractivity contribution is -0.125. The van der Waals surface area contributed by atoms with Crippen molar-refractivity contribution in [3.05, 3.63) is 64.4 Å². The summed E-state index contributed by atoms with van der Waals surface area (Å²) in [6.45, 7) is 0.946. The number of benzene rings is 1. The number of nitrogens with one attached hydrogen (secondary N) is 2. The Morgan fingerprint density at radius 1 is 1.09 bits per heavy atom. The van der Waals surface area contributed by atoms with Gasteiger partial charge in [0.2, 0.25) is 5.91 Å². The highest BCUT2D eigenvalue weighted by Crippen LogP contribution is 2.31. The van der Waals surface area contributed by atoms with E-state index in [0.717, 1.165) is 24.1 Å². The maximum Gasteiger partial charge on any atom is 0.224 e. The molecule has 33 heavy (non-hydrogen) atoms. The second-order valence-electron chi connectivity index (χ2n) is 8.06. The van der Waals surface area contributed by atoms with Crippen LogP contribution in [0.15, 0.2) is 58.8 Å². The van der Waals surface area contributed by atoms with Crippen molar-refractivity contribution in [3.8, 4) is 21.6 Å². The lowest BCUT2D eigenvalue weighted by Gasteiger charge is -2.19. The molecule has 1 amide bonds. The normalized spacial score (nSPS) is 18.0. The minimum absolute atomic E-state index is 0.0754. The van der Waals surface area contributed by atoms with Gasteiger partial charge in [-0.1, -0.05) is 36.5 Å². The van der Waals surface area contributed by atoms with Crippen LogP contribution in [-0.4, -0.2) is 33.2 Å². The van der Waals surface area contributed by atoms with Gasteiger partial charge in [-0.2, -0.15) is 0 Å². The largest absolute Gasteiger partial charge is 0.351 e. The number of carbonyl (C=O) groups is 1. The van der Waals surface area contributed by atoms with Crippen molar-refractivity contribution in [3.63, 3.8) is 0 Å². The van der Waals surface area contributed by atoms with Crippen molar-refractivity contribution < 1.29 is 13.2 Å². The summed E-state index contributed by atoms with van der Waals surface area (Å²) in [4.78, 5) is 16.7. The third-order valence-corrected chi connectivity index (χ3v) is 8.98. The van der Waals surface area contributed by atoms with Crippen molar-refractivity contribution in [2.75, 3.05) is 12.8 Å². The van der Waals surface area contributed by atoms with E-state index in [4.69, 9.17) is 0 Å². The summed E-state index contributed by atoms with van der Waals surface area (Å²) in [6, 6.07) is 15.2. The smallest absolute Gasteiger partial charge is 0.224 e. The molecule has 172 valence electrons. The molecule has 1 saturated carbocycles. The van der Waals surface area contributed by atoms with Crippen LogP contribution in [-0.2, 0) is 21.2 Å². The lowest BCUT2D eigenvalue weighted by Crippen LogP contribution is -2.41. The predicted molar refractivity (Wildman–Crippen MR) is 135 cm³/mol. The van der Waals surface area contributed by atoms with Crippen molar-refractivity contribution in [1.29, 1.82) is 0 Å². The molecule has 5 nitrogen and oxygen atoms in total. The molecule has 2 atom stereocenters. The van der Waals surface area contributed by atoms with Gasteiger partial charge in [0.05, 0.1) is 23.9 Å². The fourth-order valence-corrected chi connectivity index (χ4v) is 6.69. The van der Waals surface area contributed by atoms with Crippen LogP contribution in [0, 0.1) is 17.8 Å². The van der Waals surface area contributed by atoms with E-state index in [1.54, 1.807) is 46.9 Å². The predicted octanol–water partition coefficient (Wildman–Crippen LogP) is 4.31. The Bertz CT molecular complexity index is 1270. The summed E-state index contributed by atoms with van der Waals surface area (Å²) in [5.41, 5.74) is 0.500.